The largest absolute Gasteiger partial charge is 0.389 e. The summed E-state index contributed by atoms with van der Waals surface area (Å²) in [6.07, 6.45) is 3.03. The van der Waals surface area contributed by atoms with Crippen LogP contribution in [0, 0.1) is 0 Å². The summed E-state index contributed by atoms with van der Waals surface area (Å²) in [7, 11) is 0. The average molecular weight is 203 g/mol. The molecule has 1 aromatic carbocycles. The van der Waals surface area contributed by atoms with Crippen LogP contribution in [0.25, 0.3) is 17.0 Å². The molecule has 0 saturated heterocycles. The fourth-order valence-corrected chi connectivity index (χ4v) is 1.41. The van der Waals surface area contributed by atoms with Crippen molar-refractivity contribution in [2.75, 3.05) is 6.61 Å². The molecule has 1 heterocycles. The number of aliphatic hydroxyl groups is 1. The number of hydrogen-bond donors (Lipinski definition) is 1. The standard InChI is InChI=1S/C12H10FNO/c13-11(8-15)7-9-3-4-12-10(6-9)2-1-5-14-12/h1-7,15H,8H2. The molecule has 2 aromatic rings. The van der Waals surface area contributed by atoms with Gasteiger partial charge in [0.05, 0.1) is 12.1 Å². The summed E-state index contributed by atoms with van der Waals surface area (Å²) in [5.41, 5.74) is 1.60. The van der Waals surface area contributed by atoms with Crippen molar-refractivity contribution in [3.63, 3.8) is 0 Å². The van der Waals surface area contributed by atoms with Gasteiger partial charge in [-0.2, -0.15) is 0 Å². The van der Waals surface area contributed by atoms with Gasteiger partial charge >= 0.3 is 0 Å². The molecule has 0 unspecified atom stereocenters. The molecule has 1 N–H and O–H groups in total. The summed E-state index contributed by atoms with van der Waals surface area (Å²) in [6.45, 7) is -0.564. The maximum absolute atomic E-state index is 12.8. The van der Waals surface area contributed by atoms with Crippen molar-refractivity contribution in [1.29, 1.82) is 0 Å². The molecule has 0 radical (unpaired) electrons. The first-order valence-corrected chi connectivity index (χ1v) is 4.61. The molecular formula is C12H10FNO. The molecule has 0 spiro atoms. The van der Waals surface area contributed by atoms with Crippen LogP contribution < -0.4 is 0 Å². The molecule has 76 valence electrons. The summed E-state index contributed by atoms with van der Waals surface area (Å²) < 4.78 is 12.8. The van der Waals surface area contributed by atoms with E-state index in [9.17, 15) is 4.39 Å². The second-order valence-electron chi connectivity index (χ2n) is 3.20. The molecule has 0 fully saturated rings. The fraction of sp³-hybridized carbons (Fsp3) is 0.0833. The van der Waals surface area contributed by atoms with E-state index in [1.54, 1.807) is 12.3 Å². The zero-order valence-corrected chi connectivity index (χ0v) is 8.02. The van der Waals surface area contributed by atoms with Crippen molar-refractivity contribution in [3.8, 4) is 0 Å². The molecule has 0 atom stereocenters. The van der Waals surface area contributed by atoms with Crippen molar-refractivity contribution in [2.24, 2.45) is 0 Å². The number of aromatic nitrogens is 1. The second-order valence-corrected chi connectivity index (χ2v) is 3.20. The van der Waals surface area contributed by atoms with E-state index in [1.165, 1.54) is 6.08 Å². The molecule has 0 saturated carbocycles. The van der Waals surface area contributed by atoms with E-state index in [2.05, 4.69) is 4.98 Å². The van der Waals surface area contributed by atoms with Gasteiger partial charge < -0.3 is 5.11 Å². The lowest BCUT2D eigenvalue weighted by Gasteiger charge is -1.98. The first kappa shape index (κ1) is 9.80. The number of nitrogens with zero attached hydrogens (tertiary/aromatic N) is 1. The molecule has 3 heteroatoms. The summed E-state index contributed by atoms with van der Waals surface area (Å²) in [4.78, 5) is 4.16. The van der Waals surface area contributed by atoms with Crippen LogP contribution in [0.15, 0.2) is 42.4 Å². The monoisotopic (exact) mass is 203 g/mol. The molecule has 0 aliphatic heterocycles. The predicted octanol–water partition coefficient (Wildman–Crippen LogP) is 2.54. The first-order valence-electron chi connectivity index (χ1n) is 4.61. The molecule has 0 amide bonds. The third-order valence-corrected chi connectivity index (χ3v) is 2.10. The van der Waals surface area contributed by atoms with Gasteiger partial charge in [-0.15, -0.1) is 0 Å². The van der Waals surface area contributed by atoms with Crippen LogP contribution in [0.5, 0.6) is 0 Å². The lowest BCUT2D eigenvalue weighted by Crippen LogP contribution is -1.83. The normalized spacial score (nSPS) is 12.0. The minimum atomic E-state index is -0.564. The number of rotatable bonds is 2. The van der Waals surface area contributed by atoms with E-state index in [0.717, 1.165) is 16.5 Å². The van der Waals surface area contributed by atoms with E-state index in [1.807, 2.05) is 24.3 Å². The Kier molecular flexibility index (Phi) is 2.74. The maximum Gasteiger partial charge on any atom is 0.126 e. The number of halogens is 1. The minimum absolute atomic E-state index is 0.543. The van der Waals surface area contributed by atoms with Crippen LogP contribution in [0.3, 0.4) is 0 Å². The van der Waals surface area contributed by atoms with Gasteiger partial charge in [0.15, 0.2) is 0 Å². The van der Waals surface area contributed by atoms with Crippen LogP contribution in [0.1, 0.15) is 5.56 Å². The quantitative estimate of drug-likeness (QED) is 0.813. The lowest BCUT2D eigenvalue weighted by atomic mass is 10.1. The molecule has 2 rings (SSSR count). The average Bonchev–Trinajstić information content (AvgIpc) is 2.29. The van der Waals surface area contributed by atoms with Crippen LogP contribution in [0.2, 0.25) is 0 Å². The zero-order chi connectivity index (χ0) is 10.7. The Morgan fingerprint density at radius 1 is 1.40 bits per heavy atom. The Bertz CT molecular complexity index is 508. The highest BCUT2D eigenvalue weighted by molar-refractivity contribution is 5.81. The third-order valence-electron chi connectivity index (χ3n) is 2.10. The molecule has 0 aliphatic carbocycles. The highest BCUT2D eigenvalue weighted by Gasteiger charge is 1.96. The van der Waals surface area contributed by atoms with Crippen LogP contribution in [-0.4, -0.2) is 16.7 Å². The van der Waals surface area contributed by atoms with Gasteiger partial charge in [0, 0.05) is 11.6 Å². The van der Waals surface area contributed by atoms with E-state index in [-0.39, 0.29) is 0 Å². The van der Waals surface area contributed by atoms with E-state index >= 15 is 0 Å². The van der Waals surface area contributed by atoms with Gasteiger partial charge in [0.25, 0.3) is 0 Å². The number of pyridine rings is 1. The Balaban J connectivity index is 2.47. The van der Waals surface area contributed by atoms with Crippen molar-refractivity contribution >= 4 is 17.0 Å². The number of benzene rings is 1. The summed E-state index contributed by atoms with van der Waals surface area (Å²) in [5, 5.41) is 9.51. The number of fused-ring (bicyclic) bond motifs is 1. The predicted molar refractivity (Wildman–Crippen MR) is 57.9 cm³/mol. The Morgan fingerprint density at radius 3 is 3.07 bits per heavy atom. The molecular weight excluding hydrogens is 193 g/mol. The van der Waals surface area contributed by atoms with Crippen molar-refractivity contribution in [3.05, 3.63) is 47.9 Å². The topological polar surface area (TPSA) is 33.1 Å². The van der Waals surface area contributed by atoms with Gasteiger partial charge in [0.1, 0.15) is 5.83 Å². The maximum atomic E-state index is 12.8. The minimum Gasteiger partial charge on any atom is -0.389 e. The fourth-order valence-electron chi connectivity index (χ4n) is 1.41. The van der Waals surface area contributed by atoms with Gasteiger partial charge in [-0.1, -0.05) is 12.1 Å². The van der Waals surface area contributed by atoms with Crippen LogP contribution in [0.4, 0.5) is 4.39 Å². The Labute approximate surface area is 86.7 Å². The number of hydrogen-bond acceptors (Lipinski definition) is 2. The van der Waals surface area contributed by atoms with Gasteiger partial charge in [0.2, 0.25) is 0 Å². The zero-order valence-electron chi connectivity index (χ0n) is 8.02. The van der Waals surface area contributed by atoms with Crippen molar-refractivity contribution in [1.82, 2.24) is 4.98 Å². The van der Waals surface area contributed by atoms with Gasteiger partial charge in [-0.3, -0.25) is 4.98 Å². The summed E-state index contributed by atoms with van der Waals surface area (Å²) >= 11 is 0. The molecule has 0 bridgehead atoms. The molecule has 0 aliphatic rings. The third kappa shape index (κ3) is 2.19. The van der Waals surface area contributed by atoms with Crippen molar-refractivity contribution < 1.29 is 9.50 Å². The van der Waals surface area contributed by atoms with Crippen LogP contribution >= 0.6 is 0 Å². The highest BCUT2D eigenvalue weighted by atomic mass is 19.1. The summed E-state index contributed by atoms with van der Waals surface area (Å²) in [5.74, 6) is -0.543. The molecule has 1 aromatic heterocycles. The van der Waals surface area contributed by atoms with E-state index in [0.29, 0.717) is 0 Å². The molecule has 2 nitrogen and oxygen atoms in total. The Hall–Kier alpha value is -1.74. The van der Waals surface area contributed by atoms with Gasteiger partial charge in [-0.05, 0) is 29.8 Å². The summed E-state index contributed by atoms with van der Waals surface area (Å²) in [6, 6.07) is 9.17. The second kappa shape index (κ2) is 4.19. The lowest BCUT2D eigenvalue weighted by molar-refractivity contribution is 0.300. The van der Waals surface area contributed by atoms with Crippen LogP contribution in [-0.2, 0) is 0 Å². The highest BCUT2D eigenvalue weighted by Crippen LogP contribution is 2.15. The smallest absolute Gasteiger partial charge is 0.126 e. The van der Waals surface area contributed by atoms with Gasteiger partial charge in [-0.25, -0.2) is 4.39 Å². The molecule has 15 heavy (non-hydrogen) atoms. The first-order chi connectivity index (χ1) is 7.29. The number of aliphatic hydroxyl groups excluding tert-OH is 1. The van der Waals surface area contributed by atoms with E-state index in [4.69, 9.17) is 5.11 Å². The SMILES string of the molecule is OCC(F)=Cc1ccc2ncccc2c1. The van der Waals surface area contributed by atoms with E-state index < -0.39 is 12.4 Å². The Morgan fingerprint density at radius 2 is 2.27 bits per heavy atom. The van der Waals surface area contributed by atoms with Crippen molar-refractivity contribution in [2.45, 2.75) is 0 Å².